The normalized spacial score (nSPS) is 12.4. The van der Waals surface area contributed by atoms with Crippen molar-refractivity contribution in [1.82, 2.24) is 10.3 Å². The van der Waals surface area contributed by atoms with Crippen LogP contribution in [0.4, 0.5) is 8.78 Å². The van der Waals surface area contributed by atoms with Gasteiger partial charge in [-0.15, -0.1) is 0 Å². The lowest BCUT2D eigenvalue weighted by atomic mass is 10.00. The molecule has 0 saturated carbocycles. The molecule has 19 heavy (non-hydrogen) atoms. The van der Waals surface area contributed by atoms with Gasteiger partial charge in [0.15, 0.2) is 0 Å². The van der Waals surface area contributed by atoms with Crippen molar-refractivity contribution in [3.8, 4) is 0 Å². The van der Waals surface area contributed by atoms with Crippen LogP contribution in [0.1, 0.15) is 24.1 Å². The second-order valence-electron chi connectivity index (χ2n) is 4.13. The lowest BCUT2D eigenvalue weighted by Gasteiger charge is -2.19. The van der Waals surface area contributed by atoms with Crippen molar-refractivity contribution >= 4 is 15.9 Å². The van der Waals surface area contributed by atoms with Crippen LogP contribution in [0.25, 0.3) is 0 Å². The monoisotopic (exact) mass is 326 g/mol. The SMILES string of the molecule is CCNC(c1cncc(F)c1)c1cc(F)cc(Br)c1. The quantitative estimate of drug-likeness (QED) is 0.923. The topological polar surface area (TPSA) is 24.9 Å². The zero-order valence-electron chi connectivity index (χ0n) is 10.3. The third-order valence-corrected chi connectivity index (χ3v) is 3.14. The number of nitrogens with one attached hydrogen (secondary N) is 1. The smallest absolute Gasteiger partial charge is 0.141 e. The summed E-state index contributed by atoms with van der Waals surface area (Å²) in [4.78, 5) is 3.84. The van der Waals surface area contributed by atoms with Crippen molar-refractivity contribution < 1.29 is 8.78 Å². The van der Waals surface area contributed by atoms with E-state index in [4.69, 9.17) is 0 Å². The van der Waals surface area contributed by atoms with E-state index in [2.05, 4.69) is 26.2 Å². The summed E-state index contributed by atoms with van der Waals surface area (Å²) in [6.07, 6.45) is 2.73. The summed E-state index contributed by atoms with van der Waals surface area (Å²) in [6.45, 7) is 2.61. The minimum absolute atomic E-state index is 0.291. The van der Waals surface area contributed by atoms with Gasteiger partial charge in [-0.3, -0.25) is 4.98 Å². The Bertz CT molecular complexity index is 555. The highest BCUT2D eigenvalue weighted by atomic mass is 79.9. The molecular formula is C14H13BrF2N2. The van der Waals surface area contributed by atoms with E-state index >= 15 is 0 Å². The Morgan fingerprint density at radius 1 is 1.11 bits per heavy atom. The molecule has 0 amide bonds. The van der Waals surface area contributed by atoms with Crippen molar-refractivity contribution in [3.63, 3.8) is 0 Å². The van der Waals surface area contributed by atoms with E-state index in [0.29, 0.717) is 16.6 Å². The molecule has 100 valence electrons. The summed E-state index contributed by atoms with van der Waals surface area (Å²) in [5, 5.41) is 3.20. The van der Waals surface area contributed by atoms with E-state index < -0.39 is 5.82 Å². The first-order valence-corrected chi connectivity index (χ1v) is 6.69. The molecule has 1 heterocycles. The molecule has 2 rings (SSSR count). The maximum atomic E-state index is 13.5. The van der Waals surface area contributed by atoms with Crippen LogP contribution in [0, 0.1) is 11.6 Å². The van der Waals surface area contributed by atoms with E-state index in [9.17, 15) is 8.78 Å². The Hall–Kier alpha value is -1.33. The lowest BCUT2D eigenvalue weighted by molar-refractivity contribution is 0.587. The first kappa shape index (κ1) is 14.1. The van der Waals surface area contributed by atoms with Gasteiger partial charge < -0.3 is 5.32 Å². The molecule has 0 aliphatic carbocycles. The summed E-state index contributed by atoms with van der Waals surface area (Å²) in [5.41, 5.74) is 1.39. The molecule has 1 aromatic heterocycles. The molecule has 0 saturated heterocycles. The van der Waals surface area contributed by atoms with E-state index in [1.165, 1.54) is 18.2 Å². The number of halogens is 3. The van der Waals surface area contributed by atoms with Crippen LogP contribution in [-0.2, 0) is 0 Å². The van der Waals surface area contributed by atoms with E-state index in [1.807, 2.05) is 6.92 Å². The average Bonchev–Trinajstić information content (AvgIpc) is 2.34. The molecule has 0 aliphatic rings. The van der Waals surface area contributed by atoms with Gasteiger partial charge in [-0.1, -0.05) is 22.9 Å². The molecule has 2 aromatic rings. The van der Waals surface area contributed by atoms with Gasteiger partial charge >= 0.3 is 0 Å². The summed E-state index contributed by atoms with van der Waals surface area (Å²) in [5.74, 6) is -0.743. The maximum absolute atomic E-state index is 13.5. The van der Waals surface area contributed by atoms with Crippen LogP contribution in [-0.4, -0.2) is 11.5 Å². The standard InChI is InChI=1S/C14H13BrF2N2/c1-2-19-14(10-5-13(17)8-18-7-10)9-3-11(15)6-12(16)4-9/h3-8,14,19H,2H2,1H3. The van der Waals surface area contributed by atoms with Gasteiger partial charge in [0, 0.05) is 10.7 Å². The zero-order chi connectivity index (χ0) is 13.8. The molecule has 1 N–H and O–H groups in total. The molecule has 0 fully saturated rings. The maximum Gasteiger partial charge on any atom is 0.141 e. The highest BCUT2D eigenvalue weighted by molar-refractivity contribution is 9.10. The van der Waals surface area contributed by atoms with Crippen LogP contribution >= 0.6 is 15.9 Å². The number of rotatable bonds is 4. The number of hydrogen-bond acceptors (Lipinski definition) is 2. The Labute approximate surface area is 119 Å². The molecule has 0 aliphatic heterocycles. The van der Waals surface area contributed by atoms with Gasteiger partial charge in [-0.05, 0) is 41.9 Å². The Morgan fingerprint density at radius 3 is 2.47 bits per heavy atom. The summed E-state index contributed by atoms with van der Waals surface area (Å²) >= 11 is 3.26. The van der Waals surface area contributed by atoms with Crippen molar-refractivity contribution in [2.45, 2.75) is 13.0 Å². The summed E-state index contributed by atoms with van der Waals surface area (Å²) < 4.78 is 27.4. The fourth-order valence-corrected chi connectivity index (χ4v) is 2.44. The Morgan fingerprint density at radius 2 is 1.84 bits per heavy atom. The van der Waals surface area contributed by atoms with Gasteiger partial charge in [-0.25, -0.2) is 8.78 Å². The molecule has 2 nitrogen and oxygen atoms in total. The molecule has 1 unspecified atom stereocenters. The van der Waals surface area contributed by atoms with Crippen LogP contribution in [0.15, 0.2) is 41.1 Å². The minimum atomic E-state index is -0.407. The summed E-state index contributed by atoms with van der Waals surface area (Å²) in [6, 6.07) is 5.74. The second-order valence-corrected chi connectivity index (χ2v) is 5.05. The van der Waals surface area contributed by atoms with Gasteiger partial charge in [0.2, 0.25) is 0 Å². The minimum Gasteiger partial charge on any atom is -0.306 e. The van der Waals surface area contributed by atoms with Crippen molar-refractivity contribution in [1.29, 1.82) is 0 Å². The average molecular weight is 327 g/mol. The molecule has 1 atom stereocenters. The van der Waals surface area contributed by atoms with E-state index in [1.54, 1.807) is 12.3 Å². The molecule has 5 heteroatoms. The molecule has 0 radical (unpaired) electrons. The van der Waals surface area contributed by atoms with Gasteiger partial charge in [-0.2, -0.15) is 0 Å². The fourth-order valence-electron chi connectivity index (χ4n) is 1.96. The molecule has 0 bridgehead atoms. The first-order valence-electron chi connectivity index (χ1n) is 5.90. The molecule has 1 aromatic carbocycles. The number of aromatic nitrogens is 1. The second kappa shape index (κ2) is 6.21. The number of benzene rings is 1. The Kier molecular flexibility index (Phi) is 4.61. The predicted octanol–water partition coefficient (Wildman–Crippen LogP) is 3.82. The largest absolute Gasteiger partial charge is 0.306 e. The van der Waals surface area contributed by atoms with Crippen LogP contribution in [0.5, 0.6) is 0 Å². The van der Waals surface area contributed by atoms with Gasteiger partial charge in [0.05, 0.1) is 12.2 Å². The number of hydrogen-bond donors (Lipinski definition) is 1. The first-order chi connectivity index (χ1) is 9.10. The van der Waals surface area contributed by atoms with Gasteiger partial charge in [0.25, 0.3) is 0 Å². The highest BCUT2D eigenvalue weighted by Gasteiger charge is 2.15. The van der Waals surface area contributed by atoms with Crippen molar-refractivity contribution in [2.24, 2.45) is 0 Å². The van der Waals surface area contributed by atoms with E-state index in [-0.39, 0.29) is 11.9 Å². The number of pyridine rings is 1. The van der Waals surface area contributed by atoms with Crippen molar-refractivity contribution in [3.05, 3.63) is 63.9 Å². The molecule has 0 spiro atoms. The fraction of sp³-hybridized carbons (Fsp3) is 0.214. The zero-order valence-corrected chi connectivity index (χ0v) is 11.9. The lowest BCUT2D eigenvalue weighted by Crippen LogP contribution is -2.22. The van der Waals surface area contributed by atoms with Gasteiger partial charge in [0.1, 0.15) is 11.6 Å². The van der Waals surface area contributed by atoms with Crippen LogP contribution in [0.3, 0.4) is 0 Å². The predicted molar refractivity (Wildman–Crippen MR) is 73.8 cm³/mol. The highest BCUT2D eigenvalue weighted by Crippen LogP contribution is 2.25. The van der Waals surface area contributed by atoms with E-state index in [0.717, 1.165) is 11.8 Å². The third kappa shape index (κ3) is 3.58. The molecular weight excluding hydrogens is 314 g/mol. The number of nitrogens with zero attached hydrogens (tertiary/aromatic N) is 1. The van der Waals surface area contributed by atoms with Crippen molar-refractivity contribution in [2.75, 3.05) is 6.54 Å². The van der Waals surface area contributed by atoms with Crippen LogP contribution in [0.2, 0.25) is 0 Å². The Balaban J connectivity index is 2.44. The van der Waals surface area contributed by atoms with Crippen LogP contribution < -0.4 is 5.32 Å². The third-order valence-electron chi connectivity index (χ3n) is 2.69. The summed E-state index contributed by atoms with van der Waals surface area (Å²) in [7, 11) is 0.